The minimum Gasteiger partial charge on any atom is -0.467 e. The number of furan rings is 1. The molecule has 8 heteroatoms. The molecule has 8 nitrogen and oxygen atoms in total. The van der Waals surface area contributed by atoms with E-state index in [-0.39, 0.29) is 5.91 Å². The molecule has 3 aromatic rings. The number of hydrogen-bond donors (Lipinski definition) is 2. The number of allylic oxidation sites excluding steroid dienone is 1. The largest absolute Gasteiger partial charge is 0.467 e. The van der Waals surface area contributed by atoms with Gasteiger partial charge in [0.2, 0.25) is 5.91 Å². The number of carbonyl (C=O) groups is 1. The molecule has 0 aliphatic carbocycles. The first-order valence-electron chi connectivity index (χ1n) is 7.61. The summed E-state index contributed by atoms with van der Waals surface area (Å²) in [5.41, 5.74) is 0.715. The fourth-order valence-electron chi connectivity index (χ4n) is 2.28. The minimum absolute atomic E-state index is 0.121. The second kappa shape index (κ2) is 7.40. The van der Waals surface area contributed by atoms with Gasteiger partial charge in [0.1, 0.15) is 17.9 Å². The predicted molar refractivity (Wildman–Crippen MR) is 89.2 cm³/mol. The molecule has 124 valence electrons. The first kappa shape index (κ1) is 15.7. The van der Waals surface area contributed by atoms with Crippen LogP contribution >= 0.6 is 0 Å². The van der Waals surface area contributed by atoms with Crippen molar-refractivity contribution in [2.24, 2.45) is 0 Å². The summed E-state index contributed by atoms with van der Waals surface area (Å²) >= 11 is 0. The summed E-state index contributed by atoms with van der Waals surface area (Å²) < 4.78 is 7.04. The molecule has 1 amide bonds. The maximum Gasteiger partial charge on any atom is 0.243 e. The Hall–Kier alpha value is -3.16. The molecule has 0 saturated carbocycles. The normalized spacial score (nSPS) is 11.2. The predicted octanol–water partition coefficient (Wildman–Crippen LogP) is 1.72. The number of nitrogens with zero attached hydrogens (tertiary/aromatic N) is 4. The standard InChI is InChI=1S/C16H18N6O2/c1-2-4-14(23)17-6-7-22-16-13(10-21-22)15(19-11-20-16)18-9-12-5-3-8-24-12/h2-5,8,10-11H,6-7,9H2,1H3,(H,17,23)(H,18,19,20)/b4-2+. The number of nitrogens with one attached hydrogen (secondary N) is 2. The van der Waals surface area contributed by atoms with Crippen molar-refractivity contribution >= 4 is 22.8 Å². The van der Waals surface area contributed by atoms with Gasteiger partial charge >= 0.3 is 0 Å². The van der Waals surface area contributed by atoms with Gasteiger partial charge < -0.3 is 15.1 Å². The van der Waals surface area contributed by atoms with Gasteiger partial charge in [0, 0.05) is 6.54 Å². The Bertz CT molecular complexity index is 838. The highest BCUT2D eigenvalue weighted by molar-refractivity contribution is 5.87. The van der Waals surface area contributed by atoms with Crippen molar-refractivity contribution in [3.63, 3.8) is 0 Å². The van der Waals surface area contributed by atoms with Gasteiger partial charge in [0.25, 0.3) is 0 Å². The van der Waals surface area contributed by atoms with Crippen molar-refractivity contribution < 1.29 is 9.21 Å². The van der Waals surface area contributed by atoms with Crippen LogP contribution in [0, 0.1) is 0 Å². The van der Waals surface area contributed by atoms with Crippen LogP contribution < -0.4 is 10.6 Å². The van der Waals surface area contributed by atoms with Gasteiger partial charge in [-0.2, -0.15) is 5.10 Å². The van der Waals surface area contributed by atoms with Crippen LogP contribution in [0.15, 0.2) is 47.5 Å². The van der Waals surface area contributed by atoms with Crippen molar-refractivity contribution in [2.75, 3.05) is 11.9 Å². The summed E-state index contributed by atoms with van der Waals surface area (Å²) in [4.78, 5) is 20.0. The molecule has 0 saturated heterocycles. The molecule has 3 rings (SSSR count). The van der Waals surface area contributed by atoms with Gasteiger partial charge in [0.05, 0.1) is 30.9 Å². The average molecular weight is 326 g/mol. The van der Waals surface area contributed by atoms with Gasteiger partial charge in [-0.15, -0.1) is 0 Å². The van der Waals surface area contributed by atoms with Gasteiger partial charge in [-0.25, -0.2) is 14.6 Å². The SMILES string of the molecule is C/C=C/C(=O)NCCn1ncc2c(NCc3ccco3)ncnc21. The first-order chi connectivity index (χ1) is 11.8. The molecule has 24 heavy (non-hydrogen) atoms. The summed E-state index contributed by atoms with van der Waals surface area (Å²) in [7, 11) is 0. The Morgan fingerprint density at radius 3 is 3.12 bits per heavy atom. The number of aromatic nitrogens is 4. The van der Waals surface area contributed by atoms with Crippen LogP contribution in [0.4, 0.5) is 5.82 Å². The molecule has 0 aromatic carbocycles. The van der Waals surface area contributed by atoms with Gasteiger partial charge in [0.15, 0.2) is 5.65 Å². The van der Waals surface area contributed by atoms with Gasteiger partial charge in [-0.1, -0.05) is 6.08 Å². The van der Waals surface area contributed by atoms with Crippen molar-refractivity contribution in [2.45, 2.75) is 20.0 Å². The number of carbonyl (C=O) groups excluding carboxylic acids is 1. The van der Waals surface area contributed by atoms with E-state index in [2.05, 4.69) is 25.7 Å². The molecule has 0 aliphatic heterocycles. The molecular weight excluding hydrogens is 308 g/mol. The topological polar surface area (TPSA) is 97.9 Å². The lowest BCUT2D eigenvalue weighted by Gasteiger charge is -2.06. The van der Waals surface area contributed by atoms with E-state index in [9.17, 15) is 4.79 Å². The fraction of sp³-hybridized carbons (Fsp3) is 0.250. The first-order valence-corrected chi connectivity index (χ1v) is 7.61. The molecule has 2 N–H and O–H groups in total. The monoisotopic (exact) mass is 326 g/mol. The van der Waals surface area contributed by atoms with E-state index < -0.39 is 0 Å². The zero-order valence-electron chi connectivity index (χ0n) is 13.3. The van der Waals surface area contributed by atoms with Crippen LogP contribution in [0.2, 0.25) is 0 Å². The molecule has 0 unspecified atom stereocenters. The Morgan fingerprint density at radius 1 is 1.42 bits per heavy atom. The number of rotatable bonds is 7. The number of amides is 1. The Balaban J connectivity index is 1.68. The summed E-state index contributed by atoms with van der Waals surface area (Å²) in [6.45, 7) is 3.33. The zero-order chi connectivity index (χ0) is 16.8. The maximum atomic E-state index is 11.4. The zero-order valence-corrected chi connectivity index (χ0v) is 13.3. The number of hydrogen-bond acceptors (Lipinski definition) is 6. The van der Waals surface area contributed by atoms with Crippen LogP contribution in [0.5, 0.6) is 0 Å². The lowest BCUT2D eigenvalue weighted by Crippen LogP contribution is -2.25. The van der Waals surface area contributed by atoms with Crippen molar-refractivity contribution in [1.82, 2.24) is 25.1 Å². The average Bonchev–Trinajstić information content (AvgIpc) is 3.23. The molecule has 0 spiro atoms. The lowest BCUT2D eigenvalue weighted by atomic mass is 10.3. The van der Waals surface area contributed by atoms with E-state index in [0.29, 0.717) is 31.1 Å². The smallest absolute Gasteiger partial charge is 0.243 e. The highest BCUT2D eigenvalue weighted by Gasteiger charge is 2.10. The third-order valence-corrected chi connectivity index (χ3v) is 3.38. The Morgan fingerprint density at radius 2 is 2.33 bits per heavy atom. The van der Waals surface area contributed by atoms with E-state index in [0.717, 1.165) is 11.1 Å². The molecular formula is C16H18N6O2. The quantitative estimate of drug-likeness (QED) is 0.642. The van der Waals surface area contributed by atoms with E-state index in [4.69, 9.17) is 4.42 Å². The molecule has 0 radical (unpaired) electrons. The Kier molecular flexibility index (Phi) is 4.85. The lowest BCUT2D eigenvalue weighted by molar-refractivity contribution is -0.116. The third kappa shape index (κ3) is 3.60. The summed E-state index contributed by atoms with van der Waals surface area (Å²) in [6.07, 6.45) is 8.02. The molecule has 0 atom stereocenters. The number of anilines is 1. The molecule has 3 aromatic heterocycles. The van der Waals surface area contributed by atoms with Crippen LogP contribution in [0.3, 0.4) is 0 Å². The molecule has 3 heterocycles. The highest BCUT2D eigenvalue weighted by Crippen LogP contribution is 2.19. The second-order valence-electron chi connectivity index (χ2n) is 5.05. The molecule has 0 aliphatic rings. The van der Waals surface area contributed by atoms with E-state index >= 15 is 0 Å². The van der Waals surface area contributed by atoms with Crippen molar-refractivity contribution in [1.29, 1.82) is 0 Å². The van der Waals surface area contributed by atoms with Gasteiger partial charge in [-0.3, -0.25) is 4.79 Å². The fourth-order valence-corrected chi connectivity index (χ4v) is 2.28. The second-order valence-corrected chi connectivity index (χ2v) is 5.05. The van der Waals surface area contributed by atoms with Crippen LogP contribution in [0.1, 0.15) is 12.7 Å². The third-order valence-electron chi connectivity index (χ3n) is 3.38. The van der Waals surface area contributed by atoms with Crippen molar-refractivity contribution in [3.8, 4) is 0 Å². The highest BCUT2D eigenvalue weighted by atomic mass is 16.3. The van der Waals surface area contributed by atoms with Crippen LogP contribution in [-0.2, 0) is 17.9 Å². The van der Waals surface area contributed by atoms with Gasteiger partial charge in [-0.05, 0) is 25.1 Å². The molecule has 0 fully saturated rings. The van der Waals surface area contributed by atoms with E-state index in [1.54, 1.807) is 30.1 Å². The Labute approximate surface area is 138 Å². The molecule has 0 bridgehead atoms. The summed E-state index contributed by atoms with van der Waals surface area (Å²) in [5, 5.41) is 11.2. The van der Waals surface area contributed by atoms with Crippen molar-refractivity contribution in [3.05, 3.63) is 48.8 Å². The van der Waals surface area contributed by atoms with Crippen LogP contribution in [0.25, 0.3) is 11.0 Å². The van der Waals surface area contributed by atoms with E-state index in [1.807, 2.05) is 12.1 Å². The van der Waals surface area contributed by atoms with E-state index in [1.165, 1.54) is 12.4 Å². The summed E-state index contributed by atoms with van der Waals surface area (Å²) in [5.74, 6) is 1.39. The minimum atomic E-state index is -0.121. The summed E-state index contributed by atoms with van der Waals surface area (Å²) in [6, 6.07) is 3.73. The maximum absolute atomic E-state index is 11.4. The van der Waals surface area contributed by atoms with Crippen LogP contribution in [-0.4, -0.2) is 32.2 Å². The number of fused-ring (bicyclic) bond motifs is 1.